The molecule has 4 heteroatoms. The van der Waals surface area contributed by atoms with Crippen LogP contribution in [0, 0.1) is 0 Å². The SMILES string of the molecule is O=Cc1ccc(CC2CCCN2)c2c1OCCO2. The molecule has 1 unspecified atom stereocenters. The summed E-state index contributed by atoms with van der Waals surface area (Å²) in [6.45, 7) is 2.16. The van der Waals surface area contributed by atoms with Crippen LogP contribution in [0.5, 0.6) is 11.5 Å². The van der Waals surface area contributed by atoms with Crippen LogP contribution in [0.2, 0.25) is 0 Å². The average molecular weight is 247 g/mol. The molecule has 0 saturated carbocycles. The zero-order valence-corrected chi connectivity index (χ0v) is 10.3. The highest BCUT2D eigenvalue weighted by atomic mass is 16.6. The minimum absolute atomic E-state index is 0.513. The van der Waals surface area contributed by atoms with Gasteiger partial charge in [-0.15, -0.1) is 0 Å². The average Bonchev–Trinajstić information content (AvgIpc) is 2.92. The number of benzene rings is 1. The van der Waals surface area contributed by atoms with Gasteiger partial charge in [-0.1, -0.05) is 6.07 Å². The Bertz CT molecular complexity index is 453. The molecule has 1 saturated heterocycles. The molecule has 2 heterocycles. The standard InChI is InChI=1S/C14H17NO3/c16-9-11-4-3-10(8-12-2-1-5-15-12)13-14(11)18-7-6-17-13/h3-4,9,12,15H,1-2,5-8H2. The molecule has 0 aromatic heterocycles. The number of carbonyl (C=O) groups excluding carboxylic acids is 1. The first-order chi connectivity index (χ1) is 8.88. The molecule has 0 amide bonds. The number of aldehydes is 1. The van der Waals surface area contributed by atoms with Crippen molar-refractivity contribution in [1.82, 2.24) is 5.32 Å². The Labute approximate surface area is 106 Å². The smallest absolute Gasteiger partial charge is 0.172 e. The third-order valence-electron chi connectivity index (χ3n) is 3.56. The lowest BCUT2D eigenvalue weighted by Gasteiger charge is -2.23. The molecule has 0 aliphatic carbocycles. The van der Waals surface area contributed by atoms with E-state index in [1.165, 1.54) is 12.8 Å². The third-order valence-corrected chi connectivity index (χ3v) is 3.56. The Hall–Kier alpha value is -1.55. The monoisotopic (exact) mass is 247 g/mol. The maximum atomic E-state index is 11.0. The highest BCUT2D eigenvalue weighted by Crippen LogP contribution is 2.37. The molecule has 0 radical (unpaired) electrons. The van der Waals surface area contributed by atoms with Crippen LogP contribution in [0.15, 0.2) is 12.1 Å². The van der Waals surface area contributed by atoms with Gasteiger partial charge in [-0.3, -0.25) is 4.79 Å². The maximum absolute atomic E-state index is 11.0. The van der Waals surface area contributed by atoms with Crippen LogP contribution in [-0.4, -0.2) is 32.1 Å². The molecule has 1 aromatic carbocycles. The second-order valence-electron chi connectivity index (χ2n) is 4.78. The van der Waals surface area contributed by atoms with Crippen molar-refractivity contribution in [2.75, 3.05) is 19.8 Å². The summed E-state index contributed by atoms with van der Waals surface area (Å²) in [5, 5.41) is 3.47. The number of ether oxygens (including phenoxy) is 2. The Morgan fingerprint density at radius 2 is 2.11 bits per heavy atom. The summed E-state index contributed by atoms with van der Waals surface area (Å²) in [6.07, 6.45) is 4.19. The molecule has 2 aliphatic rings. The minimum Gasteiger partial charge on any atom is -0.486 e. The minimum atomic E-state index is 0.513. The van der Waals surface area contributed by atoms with Crippen LogP contribution >= 0.6 is 0 Å². The quantitative estimate of drug-likeness (QED) is 0.824. The summed E-state index contributed by atoms with van der Waals surface area (Å²) < 4.78 is 11.3. The maximum Gasteiger partial charge on any atom is 0.172 e. The van der Waals surface area contributed by atoms with E-state index < -0.39 is 0 Å². The van der Waals surface area contributed by atoms with Crippen molar-refractivity contribution >= 4 is 6.29 Å². The number of rotatable bonds is 3. The lowest BCUT2D eigenvalue weighted by Crippen LogP contribution is -2.25. The molecule has 0 bridgehead atoms. The van der Waals surface area contributed by atoms with Gasteiger partial charge in [0.1, 0.15) is 13.2 Å². The molecular weight excluding hydrogens is 230 g/mol. The molecule has 18 heavy (non-hydrogen) atoms. The van der Waals surface area contributed by atoms with E-state index in [0.29, 0.717) is 30.6 Å². The molecule has 1 atom stereocenters. The van der Waals surface area contributed by atoms with Crippen molar-refractivity contribution in [2.45, 2.75) is 25.3 Å². The van der Waals surface area contributed by atoms with Crippen LogP contribution in [0.25, 0.3) is 0 Å². The van der Waals surface area contributed by atoms with Gasteiger partial charge >= 0.3 is 0 Å². The molecule has 0 spiro atoms. The Morgan fingerprint density at radius 3 is 2.83 bits per heavy atom. The summed E-state index contributed by atoms with van der Waals surface area (Å²) in [6, 6.07) is 4.32. The van der Waals surface area contributed by atoms with Gasteiger partial charge in [-0.25, -0.2) is 0 Å². The zero-order valence-electron chi connectivity index (χ0n) is 10.3. The first-order valence-electron chi connectivity index (χ1n) is 6.48. The van der Waals surface area contributed by atoms with E-state index in [2.05, 4.69) is 5.32 Å². The number of fused-ring (bicyclic) bond motifs is 1. The van der Waals surface area contributed by atoms with E-state index in [4.69, 9.17) is 9.47 Å². The second-order valence-corrected chi connectivity index (χ2v) is 4.78. The largest absolute Gasteiger partial charge is 0.486 e. The van der Waals surface area contributed by atoms with Crippen LogP contribution in [0.4, 0.5) is 0 Å². The molecule has 1 N–H and O–H groups in total. The summed E-state index contributed by atoms with van der Waals surface area (Å²) in [5.74, 6) is 1.38. The normalized spacial score (nSPS) is 21.9. The van der Waals surface area contributed by atoms with Crippen molar-refractivity contribution in [2.24, 2.45) is 0 Å². The zero-order chi connectivity index (χ0) is 12.4. The lowest BCUT2D eigenvalue weighted by atomic mass is 10.0. The number of hydrogen-bond acceptors (Lipinski definition) is 4. The molecule has 3 rings (SSSR count). The van der Waals surface area contributed by atoms with Crippen molar-refractivity contribution in [3.05, 3.63) is 23.3 Å². The van der Waals surface area contributed by atoms with E-state index in [1.807, 2.05) is 12.1 Å². The molecular formula is C14H17NO3. The molecule has 1 fully saturated rings. The Balaban J connectivity index is 1.91. The van der Waals surface area contributed by atoms with Gasteiger partial charge in [0.05, 0.1) is 5.56 Å². The van der Waals surface area contributed by atoms with Crippen molar-refractivity contribution < 1.29 is 14.3 Å². The molecule has 4 nitrogen and oxygen atoms in total. The third kappa shape index (κ3) is 2.08. The highest BCUT2D eigenvalue weighted by Gasteiger charge is 2.23. The van der Waals surface area contributed by atoms with Crippen LogP contribution in [0.1, 0.15) is 28.8 Å². The summed E-state index contributed by atoms with van der Waals surface area (Å²) >= 11 is 0. The van der Waals surface area contributed by atoms with E-state index in [1.54, 1.807) is 0 Å². The van der Waals surface area contributed by atoms with E-state index >= 15 is 0 Å². The summed E-state index contributed by atoms with van der Waals surface area (Å²) in [4.78, 5) is 11.0. The van der Waals surface area contributed by atoms with E-state index in [9.17, 15) is 4.79 Å². The number of hydrogen-bond donors (Lipinski definition) is 1. The Kier molecular flexibility index (Phi) is 3.19. The van der Waals surface area contributed by atoms with E-state index in [-0.39, 0.29) is 0 Å². The first kappa shape index (κ1) is 11.5. The summed E-state index contributed by atoms with van der Waals surface area (Å²) in [5.41, 5.74) is 1.71. The first-order valence-corrected chi connectivity index (χ1v) is 6.48. The van der Waals surface area contributed by atoms with Gasteiger partial charge in [-0.2, -0.15) is 0 Å². The molecule has 1 aromatic rings. The lowest BCUT2D eigenvalue weighted by molar-refractivity contribution is 0.111. The predicted molar refractivity (Wildman–Crippen MR) is 67.5 cm³/mol. The number of carbonyl (C=O) groups is 1. The fourth-order valence-corrected chi connectivity index (χ4v) is 2.66. The van der Waals surface area contributed by atoms with Gasteiger partial charge < -0.3 is 14.8 Å². The van der Waals surface area contributed by atoms with Crippen LogP contribution in [-0.2, 0) is 6.42 Å². The second kappa shape index (κ2) is 4.98. The van der Waals surface area contributed by atoms with Crippen molar-refractivity contribution in [3.63, 3.8) is 0 Å². The van der Waals surface area contributed by atoms with Gasteiger partial charge in [0.15, 0.2) is 17.8 Å². The fraction of sp³-hybridized carbons (Fsp3) is 0.500. The number of nitrogens with one attached hydrogen (secondary N) is 1. The van der Waals surface area contributed by atoms with Gasteiger partial charge in [0.2, 0.25) is 0 Å². The van der Waals surface area contributed by atoms with Crippen molar-refractivity contribution in [3.8, 4) is 11.5 Å². The topological polar surface area (TPSA) is 47.6 Å². The van der Waals surface area contributed by atoms with E-state index in [0.717, 1.165) is 30.6 Å². The fourth-order valence-electron chi connectivity index (χ4n) is 2.66. The summed E-state index contributed by atoms with van der Waals surface area (Å²) in [7, 11) is 0. The Morgan fingerprint density at radius 1 is 1.28 bits per heavy atom. The van der Waals surface area contributed by atoms with Crippen molar-refractivity contribution in [1.29, 1.82) is 0 Å². The molecule has 2 aliphatic heterocycles. The van der Waals surface area contributed by atoms with Crippen LogP contribution in [0.3, 0.4) is 0 Å². The molecule has 96 valence electrons. The van der Waals surface area contributed by atoms with Gasteiger partial charge in [0.25, 0.3) is 0 Å². The van der Waals surface area contributed by atoms with Gasteiger partial charge in [-0.05, 0) is 37.4 Å². The van der Waals surface area contributed by atoms with Crippen LogP contribution < -0.4 is 14.8 Å². The predicted octanol–water partition coefficient (Wildman–Crippen LogP) is 1.56. The van der Waals surface area contributed by atoms with Gasteiger partial charge in [0, 0.05) is 6.04 Å². The highest BCUT2D eigenvalue weighted by molar-refractivity contribution is 5.82.